The number of rotatable bonds is 11. The molecule has 0 aliphatic rings. The fourth-order valence-electron chi connectivity index (χ4n) is 3.85. The molecule has 0 radical (unpaired) electrons. The molecular formula is C27H29ClFN3O4S. The van der Waals surface area contributed by atoms with Gasteiger partial charge in [0.2, 0.25) is 21.8 Å². The molecule has 0 aliphatic carbocycles. The summed E-state index contributed by atoms with van der Waals surface area (Å²) in [5.41, 5.74) is 1.68. The normalized spacial score (nSPS) is 12.0. The average Bonchev–Trinajstić information content (AvgIpc) is 2.86. The molecule has 0 aliphatic heterocycles. The number of nitrogens with one attached hydrogen (secondary N) is 1. The molecule has 196 valence electrons. The zero-order chi connectivity index (χ0) is 27.0. The highest BCUT2D eigenvalue weighted by molar-refractivity contribution is 7.92. The first-order valence-electron chi connectivity index (χ1n) is 11.7. The Kier molecular flexibility index (Phi) is 9.66. The first-order valence-corrected chi connectivity index (χ1v) is 13.9. The lowest BCUT2D eigenvalue weighted by Crippen LogP contribution is -2.53. The third-order valence-corrected chi connectivity index (χ3v) is 7.07. The SMILES string of the molecule is CCNC(=O)[C@H](Cc1ccccc1)N(Cc1ccc(F)cc1)C(=O)CN(c1ccc(Cl)cc1)S(C)(=O)=O. The van der Waals surface area contributed by atoms with Gasteiger partial charge in [0.25, 0.3) is 0 Å². The number of carbonyl (C=O) groups is 2. The number of halogens is 2. The van der Waals surface area contributed by atoms with Crippen LogP contribution in [-0.4, -0.2) is 50.5 Å². The fraction of sp³-hybridized carbons (Fsp3) is 0.259. The Labute approximate surface area is 221 Å². The van der Waals surface area contributed by atoms with Crippen molar-refractivity contribution >= 4 is 39.1 Å². The van der Waals surface area contributed by atoms with Gasteiger partial charge in [0, 0.05) is 24.5 Å². The Morgan fingerprint density at radius 1 is 0.946 bits per heavy atom. The molecule has 0 heterocycles. The minimum absolute atomic E-state index is 0.0219. The molecule has 0 saturated heterocycles. The van der Waals surface area contributed by atoms with Crippen LogP contribution in [0.4, 0.5) is 10.1 Å². The second-order valence-electron chi connectivity index (χ2n) is 8.49. The molecule has 10 heteroatoms. The molecular weight excluding hydrogens is 517 g/mol. The topological polar surface area (TPSA) is 86.8 Å². The molecule has 0 saturated carbocycles. The maximum absolute atomic E-state index is 13.8. The molecule has 0 bridgehead atoms. The summed E-state index contributed by atoms with van der Waals surface area (Å²) >= 11 is 5.96. The van der Waals surface area contributed by atoms with E-state index in [9.17, 15) is 22.4 Å². The van der Waals surface area contributed by atoms with Gasteiger partial charge in [-0.1, -0.05) is 54.1 Å². The Morgan fingerprint density at radius 3 is 2.14 bits per heavy atom. The zero-order valence-corrected chi connectivity index (χ0v) is 22.2. The van der Waals surface area contributed by atoms with Crippen molar-refractivity contribution in [1.82, 2.24) is 10.2 Å². The van der Waals surface area contributed by atoms with Gasteiger partial charge in [-0.2, -0.15) is 0 Å². The summed E-state index contributed by atoms with van der Waals surface area (Å²) in [4.78, 5) is 28.4. The number of carbonyl (C=O) groups excluding carboxylic acids is 2. The Balaban J connectivity index is 2.02. The summed E-state index contributed by atoms with van der Waals surface area (Å²) in [6, 6.07) is 20.0. The fourth-order valence-corrected chi connectivity index (χ4v) is 4.83. The summed E-state index contributed by atoms with van der Waals surface area (Å²) in [7, 11) is -3.86. The monoisotopic (exact) mass is 545 g/mol. The molecule has 0 fully saturated rings. The Morgan fingerprint density at radius 2 is 1.57 bits per heavy atom. The van der Waals surface area contributed by atoms with Crippen LogP contribution in [0.5, 0.6) is 0 Å². The van der Waals surface area contributed by atoms with Crippen LogP contribution in [0.15, 0.2) is 78.9 Å². The first-order chi connectivity index (χ1) is 17.6. The van der Waals surface area contributed by atoms with Crippen LogP contribution in [0, 0.1) is 5.82 Å². The first kappa shape index (κ1) is 28.1. The summed E-state index contributed by atoms with van der Waals surface area (Å²) < 4.78 is 39.9. The third kappa shape index (κ3) is 8.03. The molecule has 3 rings (SSSR count). The largest absolute Gasteiger partial charge is 0.355 e. The summed E-state index contributed by atoms with van der Waals surface area (Å²) in [6.45, 7) is 1.57. The predicted molar refractivity (Wildman–Crippen MR) is 143 cm³/mol. The van der Waals surface area contributed by atoms with Gasteiger partial charge >= 0.3 is 0 Å². The Hall–Kier alpha value is -3.43. The number of benzene rings is 3. The minimum atomic E-state index is -3.86. The van der Waals surface area contributed by atoms with Gasteiger partial charge in [-0.15, -0.1) is 0 Å². The van der Waals surface area contributed by atoms with E-state index in [4.69, 9.17) is 11.6 Å². The van der Waals surface area contributed by atoms with Crippen LogP contribution in [0.1, 0.15) is 18.1 Å². The van der Waals surface area contributed by atoms with E-state index in [1.807, 2.05) is 30.3 Å². The lowest BCUT2D eigenvalue weighted by molar-refractivity contribution is -0.140. The smallest absolute Gasteiger partial charge is 0.244 e. The molecule has 7 nitrogen and oxygen atoms in total. The van der Waals surface area contributed by atoms with Gasteiger partial charge in [0.1, 0.15) is 18.4 Å². The molecule has 3 aromatic carbocycles. The van der Waals surface area contributed by atoms with Gasteiger partial charge in [-0.25, -0.2) is 12.8 Å². The van der Waals surface area contributed by atoms with E-state index >= 15 is 0 Å². The van der Waals surface area contributed by atoms with E-state index in [1.165, 1.54) is 53.4 Å². The predicted octanol–water partition coefficient (Wildman–Crippen LogP) is 4.02. The van der Waals surface area contributed by atoms with Crippen molar-refractivity contribution in [3.63, 3.8) is 0 Å². The van der Waals surface area contributed by atoms with Gasteiger partial charge < -0.3 is 10.2 Å². The molecule has 3 aromatic rings. The quantitative estimate of drug-likeness (QED) is 0.394. The van der Waals surface area contributed by atoms with Crippen LogP contribution >= 0.6 is 11.6 Å². The van der Waals surface area contributed by atoms with Crippen molar-refractivity contribution < 1.29 is 22.4 Å². The van der Waals surface area contributed by atoms with Gasteiger partial charge in [-0.3, -0.25) is 13.9 Å². The lowest BCUT2D eigenvalue weighted by Gasteiger charge is -2.33. The van der Waals surface area contributed by atoms with Crippen LogP contribution in [0.25, 0.3) is 0 Å². The van der Waals surface area contributed by atoms with E-state index in [1.54, 1.807) is 6.92 Å². The molecule has 1 atom stereocenters. The maximum atomic E-state index is 13.8. The number of hydrogen-bond acceptors (Lipinski definition) is 4. The third-order valence-electron chi connectivity index (χ3n) is 5.68. The molecule has 2 amide bonds. The van der Waals surface area contributed by atoms with Gasteiger partial charge in [0.05, 0.1) is 11.9 Å². The highest BCUT2D eigenvalue weighted by Crippen LogP contribution is 2.22. The van der Waals surface area contributed by atoms with Gasteiger partial charge in [0.15, 0.2) is 0 Å². The van der Waals surface area contributed by atoms with Crippen LogP contribution in [0.2, 0.25) is 5.02 Å². The second kappa shape index (κ2) is 12.7. The van der Waals surface area contributed by atoms with Crippen molar-refractivity contribution in [3.05, 3.63) is 101 Å². The molecule has 1 N–H and O–H groups in total. The van der Waals surface area contributed by atoms with Crippen LogP contribution in [-0.2, 0) is 32.6 Å². The number of nitrogens with zero attached hydrogens (tertiary/aromatic N) is 2. The van der Waals surface area contributed by atoms with Crippen molar-refractivity contribution in [2.45, 2.75) is 25.9 Å². The van der Waals surface area contributed by atoms with E-state index in [2.05, 4.69) is 5.32 Å². The maximum Gasteiger partial charge on any atom is 0.244 e. The highest BCUT2D eigenvalue weighted by Gasteiger charge is 2.32. The van der Waals surface area contributed by atoms with Gasteiger partial charge in [-0.05, 0) is 54.4 Å². The molecule has 0 aromatic heterocycles. The summed E-state index contributed by atoms with van der Waals surface area (Å²) in [5, 5.41) is 3.20. The zero-order valence-electron chi connectivity index (χ0n) is 20.6. The van der Waals surface area contributed by atoms with Crippen LogP contribution < -0.4 is 9.62 Å². The molecule has 0 spiro atoms. The van der Waals surface area contributed by atoms with E-state index < -0.39 is 34.3 Å². The lowest BCUT2D eigenvalue weighted by atomic mass is 10.0. The molecule has 37 heavy (non-hydrogen) atoms. The van der Waals surface area contributed by atoms with Crippen molar-refractivity contribution in [1.29, 1.82) is 0 Å². The minimum Gasteiger partial charge on any atom is -0.355 e. The van der Waals surface area contributed by atoms with Crippen molar-refractivity contribution in [2.24, 2.45) is 0 Å². The van der Waals surface area contributed by atoms with Crippen LogP contribution in [0.3, 0.4) is 0 Å². The van der Waals surface area contributed by atoms with Crippen molar-refractivity contribution in [2.75, 3.05) is 23.7 Å². The summed E-state index contributed by atoms with van der Waals surface area (Å²) in [6.07, 6.45) is 1.21. The Bertz CT molecular complexity index is 1300. The number of likely N-dealkylation sites (N-methyl/N-ethyl adjacent to an activating group) is 1. The number of amides is 2. The molecule has 0 unspecified atom stereocenters. The summed E-state index contributed by atoms with van der Waals surface area (Å²) in [5.74, 6) is -1.40. The average molecular weight is 546 g/mol. The number of hydrogen-bond donors (Lipinski definition) is 1. The van der Waals surface area contributed by atoms with E-state index in [0.29, 0.717) is 17.1 Å². The van der Waals surface area contributed by atoms with E-state index in [-0.39, 0.29) is 24.6 Å². The second-order valence-corrected chi connectivity index (χ2v) is 10.8. The van der Waals surface area contributed by atoms with E-state index in [0.717, 1.165) is 16.1 Å². The highest BCUT2D eigenvalue weighted by atomic mass is 35.5. The number of sulfonamides is 1. The number of anilines is 1. The van der Waals surface area contributed by atoms with Crippen molar-refractivity contribution in [3.8, 4) is 0 Å². The standard InChI is InChI=1S/C27H29ClFN3O4S/c1-3-30-27(34)25(17-20-7-5-4-6-8-20)31(18-21-9-13-23(29)14-10-21)26(33)19-32(37(2,35)36)24-15-11-22(28)12-16-24/h4-16,25H,3,17-19H2,1-2H3,(H,30,34)/t25-/m0/s1.